The Bertz CT molecular complexity index is 3270. The summed E-state index contributed by atoms with van der Waals surface area (Å²) in [5.41, 5.74) is 12.1. The van der Waals surface area contributed by atoms with Gasteiger partial charge in [0, 0.05) is 79.9 Å². The Balaban J connectivity index is 0.000000139. The van der Waals surface area contributed by atoms with Gasteiger partial charge >= 0.3 is 0 Å². The standard InChI is InChI=1S/2C29H22N2/c1-30(21-11-3-2-4-12-21)26-19-9-16-25-22(26)15-10-20-29(25)31-27-17-7-5-13-23(27)24-14-6-8-18-28(24)31;1-30(21-11-3-2-4-12-21)26-19-20-29(23-14-6-5-13-22(23)26)31-27-17-9-7-15-24(27)25-16-8-10-18-28(25)31/h2*2-20H,1H3. The Kier molecular flexibility index (Phi) is 9.24. The topological polar surface area (TPSA) is 16.3 Å². The van der Waals surface area contributed by atoms with Crippen LogP contribution < -0.4 is 9.80 Å². The van der Waals surface area contributed by atoms with Gasteiger partial charge in [-0.25, -0.2) is 0 Å². The van der Waals surface area contributed by atoms with Gasteiger partial charge in [0.1, 0.15) is 0 Å². The first-order valence-corrected chi connectivity index (χ1v) is 21.2. The van der Waals surface area contributed by atoms with Crippen molar-refractivity contribution >= 4 is 87.9 Å². The van der Waals surface area contributed by atoms with Gasteiger partial charge in [-0.2, -0.15) is 0 Å². The molecule has 0 saturated heterocycles. The molecule has 0 aliphatic heterocycles. The number of hydrogen-bond donors (Lipinski definition) is 0. The van der Waals surface area contributed by atoms with Crippen LogP contribution in [-0.4, -0.2) is 23.2 Å². The summed E-state index contributed by atoms with van der Waals surface area (Å²) in [6.07, 6.45) is 0. The monoisotopic (exact) mass is 796 g/mol. The quantitative estimate of drug-likeness (QED) is 0.167. The van der Waals surface area contributed by atoms with Crippen molar-refractivity contribution in [3.8, 4) is 11.4 Å². The lowest BCUT2D eigenvalue weighted by molar-refractivity contribution is 1.18. The molecule has 2 aromatic heterocycles. The van der Waals surface area contributed by atoms with E-state index in [2.05, 4.69) is 264 Å². The highest BCUT2D eigenvalue weighted by Gasteiger charge is 2.18. The minimum absolute atomic E-state index is 1.18. The molecule has 0 N–H and O–H groups in total. The van der Waals surface area contributed by atoms with Crippen LogP contribution in [0.1, 0.15) is 0 Å². The van der Waals surface area contributed by atoms with Gasteiger partial charge in [0.25, 0.3) is 0 Å². The Morgan fingerprint density at radius 2 is 0.548 bits per heavy atom. The maximum atomic E-state index is 2.40. The molecular formula is C58H44N4. The second-order valence-electron chi connectivity index (χ2n) is 15.8. The Hall–Kier alpha value is -8.08. The number of hydrogen-bond acceptors (Lipinski definition) is 2. The molecule has 0 spiro atoms. The zero-order valence-electron chi connectivity index (χ0n) is 34.7. The average Bonchev–Trinajstić information content (AvgIpc) is 3.86. The van der Waals surface area contributed by atoms with Crippen LogP contribution in [0.5, 0.6) is 0 Å². The van der Waals surface area contributed by atoms with Gasteiger partial charge in [-0.05, 0) is 72.8 Å². The van der Waals surface area contributed by atoms with Crippen molar-refractivity contribution in [3.05, 3.63) is 231 Å². The molecule has 0 saturated carbocycles. The van der Waals surface area contributed by atoms with E-state index in [0.717, 1.165) is 0 Å². The molecule has 0 atom stereocenters. The highest BCUT2D eigenvalue weighted by molar-refractivity contribution is 6.13. The first-order valence-electron chi connectivity index (χ1n) is 21.2. The first kappa shape index (κ1) is 37.0. The molecule has 0 aliphatic rings. The molecule has 296 valence electrons. The van der Waals surface area contributed by atoms with E-state index in [-0.39, 0.29) is 0 Å². The van der Waals surface area contributed by atoms with Crippen LogP contribution in [0.4, 0.5) is 22.7 Å². The van der Waals surface area contributed by atoms with E-state index in [1.807, 2.05) is 0 Å². The van der Waals surface area contributed by atoms with Crippen LogP contribution in [0.2, 0.25) is 0 Å². The maximum Gasteiger partial charge on any atom is 0.0542 e. The largest absolute Gasteiger partial charge is 0.344 e. The second-order valence-corrected chi connectivity index (χ2v) is 15.8. The molecule has 4 heteroatoms. The summed E-state index contributed by atoms with van der Waals surface area (Å²) in [6.45, 7) is 0. The molecule has 0 bridgehead atoms. The van der Waals surface area contributed by atoms with Crippen molar-refractivity contribution in [2.24, 2.45) is 0 Å². The SMILES string of the molecule is CN(c1ccccc1)c1ccc(-n2c3ccccc3c3ccccc32)c2ccccc12.CN(c1ccccc1)c1cccc2c(-n3c4ccccc4c4ccccc43)cccc12. The summed E-state index contributed by atoms with van der Waals surface area (Å²) in [6, 6.07) is 82.2. The van der Waals surface area contributed by atoms with Crippen molar-refractivity contribution in [1.29, 1.82) is 0 Å². The summed E-state index contributed by atoms with van der Waals surface area (Å²) >= 11 is 0. The molecule has 12 rings (SSSR count). The Labute approximate surface area is 361 Å². The van der Waals surface area contributed by atoms with Crippen LogP contribution in [0.3, 0.4) is 0 Å². The predicted octanol–water partition coefficient (Wildman–Crippen LogP) is 15.4. The van der Waals surface area contributed by atoms with Crippen molar-refractivity contribution in [1.82, 2.24) is 9.13 Å². The number of fused-ring (bicyclic) bond motifs is 8. The fraction of sp³-hybridized carbons (Fsp3) is 0.0345. The number of nitrogens with zero attached hydrogens (tertiary/aromatic N) is 4. The lowest BCUT2D eigenvalue weighted by atomic mass is 10.0. The number of benzene rings is 10. The fourth-order valence-corrected chi connectivity index (χ4v) is 9.46. The van der Waals surface area contributed by atoms with Gasteiger partial charge in [-0.3, -0.25) is 0 Å². The number of para-hydroxylation sites is 6. The van der Waals surface area contributed by atoms with E-state index in [1.165, 1.54) is 99.3 Å². The third kappa shape index (κ3) is 6.15. The van der Waals surface area contributed by atoms with Gasteiger partial charge in [-0.15, -0.1) is 0 Å². The van der Waals surface area contributed by atoms with E-state index in [1.54, 1.807) is 0 Å². The first-order chi connectivity index (χ1) is 30.7. The van der Waals surface area contributed by atoms with Crippen LogP contribution in [0.25, 0.3) is 76.5 Å². The normalized spacial score (nSPS) is 11.4. The van der Waals surface area contributed by atoms with Gasteiger partial charge in [0.05, 0.1) is 33.4 Å². The van der Waals surface area contributed by atoms with Crippen LogP contribution >= 0.6 is 0 Å². The van der Waals surface area contributed by atoms with E-state index < -0.39 is 0 Å². The van der Waals surface area contributed by atoms with Crippen molar-refractivity contribution < 1.29 is 0 Å². The van der Waals surface area contributed by atoms with Crippen molar-refractivity contribution in [2.45, 2.75) is 0 Å². The zero-order valence-corrected chi connectivity index (χ0v) is 34.7. The minimum atomic E-state index is 1.18. The fourth-order valence-electron chi connectivity index (χ4n) is 9.46. The molecule has 0 amide bonds. The molecular weight excluding hydrogens is 753 g/mol. The average molecular weight is 797 g/mol. The molecule has 4 nitrogen and oxygen atoms in total. The third-order valence-electron chi connectivity index (χ3n) is 12.4. The van der Waals surface area contributed by atoms with E-state index in [9.17, 15) is 0 Å². The lowest BCUT2D eigenvalue weighted by Gasteiger charge is -2.23. The Morgan fingerprint density at radius 1 is 0.242 bits per heavy atom. The highest BCUT2D eigenvalue weighted by Crippen LogP contribution is 2.40. The van der Waals surface area contributed by atoms with Crippen LogP contribution in [0, 0.1) is 0 Å². The summed E-state index contributed by atoms with van der Waals surface area (Å²) < 4.78 is 4.80. The van der Waals surface area contributed by atoms with Crippen molar-refractivity contribution in [3.63, 3.8) is 0 Å². The predicted molar refractivity (Wildman–Crippen MR) is 266 cm³/mol. The summed E-state index contributed by atoms with van der Waals surface area (Å²) in [5.74, 6) is 0. The van der Waals surface area contributed by atoms with Crippen LogP contribution in [0.15, 0.2) is 231 Å². The zero-order chi connectivity index (χ0) is 41.6. The van der Waals surface area contributed by atoms with Gasteiger partial charge in [0.15, 0.2) is 0 Å². The molecule has 0 fully saturated rings. The molecule has 12 aromatic rings. The van der Waals surface area contributed by atoms with E-state index in [4.69, 9.17) is 0 Å². The second kappa shape index (κ2) is 15.5. The van der Waals surface area contributed by atoms with E-state index in [0.29, 0.717) is 0 Å². The number of aromatic nitrogens is 2. The smallest absolute Gasteiger partial charge is 0.0542 e. The molecule has 2 heterocycles. The van der Waals surface area contributed by atoms with Crippen LogP contribution in [-0.2, 0) is 0 Å². The van der Waals surface area contributed by atoms with Gasteiger partial charge < -0.3 is 18.9 Å². The molecule has 10 aromatic carbocycles. The molecule has 0 aliphatic carbocycles. The number of rotatable bonds is 6. The van der Waals surface area contributed by atoms with E-state index >= 15 is 0 Å². The minimum Gasteiger partial charge on any atom is -0.344 e. The number of anilines is 4. The maximum absolute atomic E-state index is 2.40. The van der Waals surface area contributed by atoms with Gasteiger partial charge in [0.2, 0.25) is 0 Å². The summed E-state index contributed by atoms with van der Waals surface area (Å²) in [7, 11) is 4.27. The molecule has 62 heavy (non-hydrogen) atoms. The van der Waals surface area contributed by atoms with Gasteiger partial charge in [-0.1, -0.05) is 158 Å². The molecule has 0 unspecified atom stereocenters. The van der Waals surface area contributed by atoms with Crippen molar-refractivity contribution in [2.75, 3.05) is 23.9 Å². The lowest BCUT2D eigenvalue weighted by Crippen LogP contribution is -2.10. The summed E-state index contributed by atoms with van der Waals surface area (Å²) in [5, 5.41) is 10.1. The third-order valence-corrected chi connectivity index (χ3v) is 12.4. The molecule has 0 radical (unpaired) electrons. The highest BCUT2D eigenvalue weighted by atomic mass is 15.1. The Morgan fingerprint density at radius 3 is 1.00 bits per heavy atom. The summed E-state index contributed by atoms with van der Waals surface area (Å²) in [4.78, 5) is 4.52.